The number of hydrogen-bond donors (Lipinski definition) is 0. The summed E-state index contributed by atoms with van der Waals surface area (Å²) in [4.78, 5) is 17.2. The summed E-state index contributed by atoms with van der Waals surface area (Å²) < 4.78 is 17.7. The third kappa shape index (κ3) is 3.77. The minimum absolute atomic E-state index is 0.111. The number of carbonyl (C=O) groups is 1. The highest BCUT2D eigenvalue weighted by atomic mass is 16.5. The molecule has 0 saturated carbocycles. The van der Waals surface area contributed by atoms with Crippen molar-refractivity contribution in [3.63, 3.8) is 0 Å². The molecule has 2 aromatic rings. The molecule has 0 spiro atoms. The van der Waals surface area contributed by atoms with Crippen LogP contribution in [0, 0.1) is 0 Å². The van der Waals surface area contributed by atoms with Crippen molar-refractivity contribution in [2.75, 3.05) is 55.1 Å². The number of para-hydroxylation sites is 1. The Hall–Kier alpha value is -2.72. The van der Waals surface area contributed by atoms with Crippen LogP contribution in [-0.2, 0) is 16.8 Å². The van der Waals surface area contributed by atoms with Gasteiger partial charge in [-0.05, 0) is 43.1 Å². The molecule has 1 atom stereocenters. The molecule has 0 aliphatic carbocycles. The lowest BCUT2D eigenvalue weighted by Gasteiger charge is -2.34. The third-order valence-electron chi connectivity index (χ3n) is 5.48. The maximum absolute atomic E-state index is 13.3. The molecule has 1 amide bonds. The van der Waals surface area contributed by atoms with Gasteiger partial charge in [0.1, 0.15) is 5.54 Å². The smallest absolute Gasteiger partial charge is 0.257 e. The van der Waals surface area contributed by atoms with Crippen LogP contribution < -0.4 is 9.47 Å². The fourth-order valence-corrected chi connectivity index (χ4v) is 3.81. The first-order valence-electron chi connectivity index (χ1n) is 9.41. The topological polar surface area (TPSA) is 94.8 Å². The summed E-state index contributed by atoms with van der Waals surface area (Å²) in [5.74, 6) is 1.58. The van der Waals surface area contributed by atoms with Crippen LogP contribution in [-0.4, -0.2) is 91.0 Å². The van der Waals surface area contributed by atoms with Crippen LogP contribution in [0.1, 0.15) is 22.6 Å². The van der Waals surface area contributed by atoms with Gasteiger partial charge in [-0.3, -0.25) is 9.69 Å². The first-order valence-corrected chi connectivity index (χ1v) is 9.41. The zero-order chi connectivity index (χ0) is 21.0. The number of aromatic nitrogens is 4. The molecule has 10 nitrogen and oxygen atoms in total. The number of carbonyl (C=O) groups excluding carboxylic acids is 1. The van der Waals surface area contributed by atoms with E-state index in [0.29, 0.717) is 49.7 Å². The number of rotatable bonds is 8. The Morgan fingerprint density at radius 2 is 2.03 bits per heavy atom. The van der Waals surface area contributed by atoms with E-state index in [1.54, 1.807) is 37.1 Å². The predicted molar refractivity (Wildman–Crippen MR) is 105 cm³/mol. The van der Waals surface area contributed by atoms with Gasteiger partial charge in [-0.15, -0.1) is 5.10 Å². The Bertz CT molecular complexity index is 855. The molecule has 0 N–H and O–H groups in total. The fraction of sp³-hybridized carbons (Fsp3) is 0.579. The van der Waals surface area contributed by atoms with Gasteiger partial charge < -0.3 is 19.1 Å². The van der Waals surface area contributed by atoms with E-state index in [-0.39, 0.29) is 5.91 Å². The maximum Gasteiger partial charge on any atom is 0.257 e. The van der Waals surface area contributed by atoms with Crippen LogP contribution >= 0.6 is 0 Å². The van der Waals surface area contributed by atoms with Crippen LogP contribution in [0.3, 0.4) is 0 Å². The van der Waals surface area contributed by atoms with E-state index in [9.17, 15) is 4.79 Å². The zero-order valence-electron chi connectivity index (χ0n) is 17.6. The summed E-state index contributed by atoms with van der Waals surface area (Å²) in [6.45, 7) is 2.10. The summed E-state index contributed by atoms with van der Waals surface area (Å²) in [5.41, 5.74) is -0.0145. The highest BCUT2D eigenvalue weighted by Crippen LogP contribution is 2.38. The molecule has 1 aromatic heterocycles. The van der Waals surface area contributed by atoms with Gasteiger partial charge in [-0.2, -0.15) is 0 Å². The molecular weight excluding hydrogens is 376 g/mol. The number of tetrazole rings is 1. The number of amides is 1. The second-order valence-corrected chi connectivity index (χ2v) is 7.16. The molecule has 1 aromatic carbocycles. The van der Waals surface area contributed by atoms with E-state index >= 15 is 0 Å². The molecular formula is C19H28N6O4. The van der Waals surface area contributed by atoms with Gasteiger partial charge in [-0.1, -0.05) is 6.07 Å². The molecule has 29 heavy (non-hydrogen) atoms. The normalized spacial score (nSPS) is 19.0. The van der Waals surface area contributed by atoms with Gasteiger partial charge in [0.25, 0.3) is 5.91 Å². The van der Waals surface area contributed by atoms with E-state index < -0.39 is 5.54 Å². The van der Waals surface area contributed by atoms with E-state index in [4.69, 9.17) is 14.2 Å². The number of nitrogens with zero attached hydrogens (tertiary/aromatic N) is 6. The standard InChI is InChI=1S/C19H28N6O4/c1-23(2)19(18-20-21-22-25(18)11-12-27-3)9-10-24(13-19)17(26)14-7-6-8-15(28-4)16(14)29-5/h6-8H,9-13H2,1-5H3. The molecule has 10 heteroatoms. The molecule has 1 saturated heterocycles. The molecule has 0 bridgehead atoms. The van der Waals surface area contributed by atoms with Crippen LogP contribution in [0.25, 0.3) is 0 Å². The van der Waals surface area contributed by atoms with Crippen LogP contribution in [0.4, 0.5) is 0 Å². The Labute approximate surface area is 170 Å². The molecule has 1 aliphatic rings. The predicted octanol–water partition coefficient (Wildman–Crippen LogP) is 0.640. The molecule has 2 heterocycles. The molecule has 3 rings (SSSR count). The van der Waals surface area contributed by atoms with Gasteiger partial charge >= 0.3 is 0 Å². The van der Waals surface area contributed by atoms with E-state index in [0.717, 1.165) is 5.82 Å². The lowest BCUT2D eigenvalue weighted by molar-refractivity contribution is 0.0733. The minimum atomic E-state index is -0.487. The number of likely N-dealkylation sites (N-methyl/N-ethyl adjacent to an activating group) is 1. The van der Waals surface area contributed by atoms with Crippen molar-refractivity contribution in [1.82, 2.24) is 30.0 Å². The first-order chi connectivity index (χ1) is 14.0. The summed E-state index contributed by atoms with van der Waals surface area (Å²) in [5, 5.41) is 12.3. The number of methoxy groups -OCH3 is 3. The average Bonchev–Trinajstić information content (AvgIpc) is 3.38. The number of hydrogen-bond acceptors (Lipinski definition) is 8. The van der Waals surface area contributed by atoms with Gasteiger partial charge in [0.15, 0.2) is 17.3 Å². The van der Waals surface area contributed by atoms with E-state index in [2.05, 4.69) is 20.4 Å². The first kappa shape index (κ1) is 21.0. The molecule has 1 fully saturated rings. The van der Waals surface area contributed by atoms with Crippen molar-refractivity contribution in [3.05, 3.63) is 29.6 Å². The Morgan fingerprint density at radius 3 is 2.69 bits per heavy atom. The molecule has 0 radical (unpaired) electrons. The minimum Gasteiger partial charge on any atom is -0.493 e. The zero-order valence-corrected chi connectivity index (χ0v) is 17.6. The van der Waals surface area contributed by atoms with Crippen molar-refractivity contribution < 1.29 is 19.0 Å². The van der Waals surface area contributed by atoms with E-state index in [1.807, 2.05) is 19.0 Å². The van der Waals surface area contributed by atoms with Crippen LogP contribution in [0.5, 0.6) is 11.5 Å². The number of likely N-dealkylation sites (tertiary alicyclic amines) is 1. The Balaban J connectivity index is 1.91. The summed E-state index contributed by atoms with van der Waals surface area (Å²) in [6, 6.07) is 5.31. The molecule has 1 unspecified atom stereocenters. The maximum atomic E-state index is 13.3. The van der Waals surface area contributed by atoms with Crippen LogP contribution in [0.15, 0.2) is 18.2 Å². The molecule has 158 valence electrons. The van der Waals surface area contributed by atoms with Gasteiger partial charge in [0.05, 0.1) is 32.9 Å². The van der Waals surface area contributed by atoms with Crippen molar-refractivity contribution in [3.8, 4) is 11.5 Å². The quantitative estimate of drug-likeness (QED) is 0.633. The van der Waals surface area contributed by atoms with Crippen LogP contribution in [0.2, 0.25) is 0 Å². The van der Waals surface area contributed by atoms with Gasteiger partial charge in [-0.25, -0.2) is 4.68 Å². The fourth-order valence-electron chi connectivity index (χ4n) is 3.81. The van der Waals surface area contributed by atoms with Crippen molar-refractivity contribution in [2.45, 2.75) is 18.5 Å². The number of ether oxygens (including phenoxy) is 3. The molecule has 1 aliphatic heterocycles. The summed E-state index contributed by atoms with van der Waals surface area (Å²) in [6.07, 6.45) is 0.714. The van der Waals surface area contributed by atoms with Crippen molar-refractivity contribution >= 4 is 5.91 Å². The largest absolute Gasteiger partial charge is 0.493 e. The van der Waals surface area contributed by atoms with E-state index in [1.165, 1.54) is 7.11 Å². The average molecular weight is 404 g/mol. The van der Waals surface area contributed by atoms with Gasteiger partial charge in [0.2, 0.25) is 0 Å². The second kappa shape index (κ2) is 8.75. The monoisotopic (exact) mass is 404 g/mol. The Kier molecular flexibility index (Phi) is 6.33. The van der Waals surface area contributed by atoms with Crippen molar-refractivity contribution in [2.24, 2.45) is 0 Å². The lowest BCUT2D eigenvalue weighted by atomic mass is 9.96. The highest BCUT2D eigenvalue weighted by Gasteiger charge is 2.47. The SMILES string of the molecule is COCCn1nnnc1C1(N(C)C)CCN(C(=O)c2cccc(OC)c2OC)C1. The summed E-state index contributed by atoms with van der Waals surface area (Å²) in [7, 11) is 8.69. The third-order valence-corrected chi connectivity index (χ3v) is 5.48. The summed E-state index contributed by atoms with van der Waals surface area (Å²) >= 11 is 0. The van der Waals surface area contributed by atoms with Gasteiger partial charge in [0, 0.05) is 20.2 Å². The second-order valence-electron chi connectivity index (χ2n) is 7.16. The lowest BCUT2D eigenvalue weighted by Crippen LogP contribution is -2.47. The highest BCUT2D eigenvalue weighted by molar-refractivity contribution is 5.98. The van der Waals surface area contributed by atoms with Crippen molar-refractivity contribution in [1.29, 1.82) is 0 Å². The Morgan fingerprint density at radius 1 is 1.24 bits per heavy atom. The number of benzene rings is 1.